The third-order valence-corrected chi connectivity index (χ3v) is 2.08. The summed E-state index contributed by atoms with van der Waals surface area (Å²) >= 11 is 0. The van der Waals surface area contributed by atoms with Crippen LogP contribution in [-0.2, 0) is 6.61 Å². The van der Waals surface area contributed by atoms with E-state index in [1.165, 1.54) is 0 Å². The van der Waals surface area contributed by atoms with Gasteiger partial charge < -0.3 is 9.47 Å². The molecule has 2 aromatic heterocycles. The Morgan fingerprint density at radius 1 is 1.12 bits per heavy atom. The number of hydrogen-bond acceptors (Lipinski definition) is 4. The zero-order valence-electron chi connectivity index (χ0n) is 8.96. The minimum Gasteiger partial charge on any atom is -0.491 e. The third kappa shape index (κ3) is 2.48. The van der Waals surface area contributed by atoms with Crippen LogP contribution in [0.4, 0.5) is 0 Å². The van der Waals surface area contributed by atoms with E-state index < -0.39 is 0 Å². The summed E-state index contributed by atoms with van der Waals surface area (Å²) in [5.74, 6) is 1.14. The van der Waals surface area contributed by atoms with Gasteiger partial charge in [0.25, 0.3) is 5.88 Å². The lowest BCUT2D eigenvalue weighted by molar-refractivity contribution is 0.272. The molecule has 2 aromatic rings. The summed E-state index contributed by atoms with van der Waals surface area (Å²) < 4.78 is 10.7. The van der Waals surface area contributed by atoms with E-state index in [1.54, 1.807) is 31.8 Å². The lowest BCUT2D eigenvalue weighted by atomic mass is 10.3. The van der Waals surface area contributed by atoms with E-state index in [9.17, 15) is 0 Å². The second-order valence-electron chi connectivity index (χ2n) is 3.15. The summed E-state index contributed by atoms with van der Waals surface area (Å²) in [6, 6.07) is 7.41. The van der Waals surface area contributed by atoms with Crippen molar-refractivity contribution in [2.24, 2.45) is 0 Å². The van der Waals surface area contributed by atoms with Gasteiger partial charge in [-0.1, -0.05) is 0 Å². The van der Waals surface area contributed by atoms with Crippen molar-refractivity contribution in [3.8, 4) is 11.6 Å². The highest BCUT2D eigenvalue weighted by molar-refractivity contribution is 5.32. The normalized spacial score (nSPS) is 9.81. The number of methoxy groups -OCH3 is 1. The van der Waals surface area contributed by atoms with Crippen LogP contribution in [-0.4, -0.2) is 17.1 Å². The van der Waals surface area contributed by atoms with Crippen LogP contribution < -0.4 is 9.47 Å². The van der Waals surface area contributed by atoms with E-state index in [-0.39, 0.29) is 0 Å². The Balaban J connectivity index is 2.05. The quantitative estimate of drug-likeness (QED) is 0.784. The second kappa shape index (κ2) is 5.11. The predicted molar refractivity (Wildman–Crippen MR) is 59.4 cm³/mol. The molecule has 82 valence electrons. The summed E-state index contributed by atoms with van der Waals surface area (Å²) in [6.07, 6.45) is 5.13. The van der Waals surface area contributed by atoms with Crippen LogP contribution >= 0.6 is 0 Å². The van der Waals surface area contributed by atoms with Crippen molar-refractivity contribution in [1.82, 2.24) is 9.97 Å². The van der Waals surface area contributed by atoms with Crippen molar-refractivity contribution < 1.29 is 9.47 Å². The highest BCUT2D eigenvalue weighted by Crippen LogP contribution is 2.23. The minimum absolute atomic E-state index is 0.454. The molecule has 0 saturated carbocycles. The van der Waals surface area contributed by atoms with Gasteiger partial charge in [0.1, 0.15) is 6.61 Å². The average molecular weight is 216 g/mol. The van der Waals surface area contributed by atoms with E-state index in [0.717, 1.165) is 5.56 Å². The molecule has 0 radical (unpaired) electrons. The summed E-state index contributed by atoms with van der Waals surface area (Å²) in [5, 5.41) is 0. The zero-order valence-corrected chi connectivity index (χ0v) is 8.96. The first-order valence-electron chi connectivity index (χ1n) is 4.91. The molecule has 2 heterocycles. The Kier molecular flexibility index (Phi) is 3.33. The van der Waals surface area contributed by atoms with E-state index in [0.29, 0.717) is 18.2 Å². The second-order valence-corrected chi connectivity index (χ2v) is 3.15. The smallest absolute Gasteiger partial charge is 0.257 e. The summed E-state index contributed by atoms with van der Waals surface area (Å²) in [7, 11) is 1.59. The SMILES string of the molecule is COc1cccnc1OCc1ccncc1. The molecule has 4 heteroatoms. The van der Waals surface area contributed by atoms with Crippen molar-refractivity contribution >= 4 is 0 Å². The Hall–Kier alpha value is -2.10. The van der Waals surface area contributed by atoms with Crippen LogP contribution in [0.15, 0.2) is 42.9 Å². The van der Waals surface area contributed by atoms with E-state index >= 15 is 0 Å². The lowest BCUT2D eigenvalue weighted by Gasteiger charge is -2.08. The highest BCUT2D eigenvalue weighted by Gasteiger charge is 2.04. The molecule has 2 rings (SSSR count). The van der Waals surface area contributed by atoms with Gasteiger partial charge in [-0.15, -0.1) is 0 Å². The van der Waals surface area contributed by atoms with Crippen LogP contribution in [0, 0.1) is 0 Å². The molecule has 0 aliphatic rings. The Labute approximate surface area is 93.9 Å². The van der Waals surface area contributed by atoms with Gasteiger partial charge in [0, 0.05) is 18.6 Å². The third-order valence-electron chi connectivity index (χ3n) is 2.08. The van der Waals surface area contributed by atoms with E-state index in [2.05, 4.69) is 9.97 Å². The van der Waals surface area contributed by atoms with Crippen LogP contribution in [0.25, 0.3) is 0 Å². The fourth-order valence-electron chi connectivity index (χ4n) is 1.27. The number of hydrogen-bond donors (Lipinski definition) is 0. The predicted octanol–water partition coefficient (Wildman–Crippen LogP) is 2.06. The molecule has 0 saturated heterocycles. The molecule has 0 N–H and O–H groups in total. The maximum atomic E-state index is 5.55. The number of aromatic nitrogens is 2. The fourth-order valence-corrected chi connectivity index (χ4v) is 1.27. The van der Waals surface area contributed by atoms with E-state index in [4.69, 9.17) is 9.47 Å². The lowest BCUT2D eigenvalue weighted by Crippen LogP contribution is -1.99. The average Bonchev–Trinajstić information content (AvgIpc) is 2.38. The highest BCUT2D eigenvalue weighted by atomic mass is 16.5. The Bertz CT molecular complexity index is 446. The largest absolute Gasteiger partial charge is 0.491 e. The first-order valence-corrected chi connectivity index (χ1v) is 4.91. The van der Waals surface area contributed by atoms with Crippen molar-refractivity contribution in [2.45, 2.75) is 6.61 Å². The molecule has 0 aromatic carbocycles. The number of rotatable bonds is 4. The minimum atomic E-state index is 0.454. The maximum absolute atomic E-state index is 5.55. The maximum Gasteiger partial charge on any atom is 0.257 e. The van der Waals surface area contributed by atoms with Crippen molar-refractivity contribution in [3.63, 3.8) is 0 Å². The molecule has 0 bridgehead atoms. The van der Waals surface area contributed by atoms with Gasteiger partial charge in [-0.05, 0) is 29.8 Å². The van der Waals surface area contributed by atoms with Gasteiger partial charge in [0.2, 0.25) is 0 Å². The topological polar surface area (TPSA) is 44.2 Å². The summed E-state index contributed by atoms with van der Waals surface area (Å²) in [5.41, 5.74) is 1.04. The van der Waals surface area contributed by atoms with Gasteiger partial charge in [-0.3, -0.25) is 4.98 Å². The molecular weight excluding hydrogens is 204 g/mol. The van der Waals surface area contributed by atoms with Gasteiger partial charge in [-0.25, -0.2) is 4.98 Å². The van der Waals surface area contributed by atoms with Crippen LogP contribution in [0.2, 0.25) is 0 Å². The van der Waals surface area contributed by atoms with Crippen LogP contribution in [0.5, 0.6) is 11.6 Å². The number of pyridine rings is 2. The Morgan fingerprint density at radius 2 is 1.94 bits per heavy atom. The van der Waals surface area contributed by atoms with Gasteiger partial charge >= 0.3 is 0 Å². The summed E-state index contributed by atoms with van der Waals surface area (Å²) in [6.45, 7) is 0.454. The van der Waals surface area contributed by atoms with Crippen LogP contribution in [0.1, 0.15) is 5.56 Å². The molecule has 0 unspecified atom stereocenters. The first kappa shape index (κ1) is 10.4. The molecule has 0 spiro atoms. The van der Waals surface area contributed by atoms with Gasteiger partial charge in [0.15, 0.2) is 5.75 Å². The Morgan fingerprint density at radius 3 is 2.69 bits per heavy atom. The van der Waals surface area contributed by atoms with Crippen LogP contribution in [0.3, 0.4) is 0 Å². The molecular formula is C12H12N2O2. The molecule has 16 heavy (non-hydrogen) atoms. The van der Waals surface area contributed by atoms with Gasteiger partial charge in [-0.2, -0.15) is 0 Å². The van der Waals surface area contributed by atoms with Crippen molar-refractivity contribution in [1.29, 1.82) is 0 Å². The number of ether oxygens (including phenoxy) is 2. The van der Waals surface area contributed by atoms with E-state index in [1.807, 2.05) is 18.2 Å². The standard InChI is InChI=1S/C12H12N2O2/c1-15-11-3-2-6-14-12(11)16-9-10-4-7-13-8-5-10/h2-8H,9H2,1H3. The summed E-state index contributed by atoms with van der Waals surface area (Å²) in [4.78, 5) is 8.04. The molecule has 0 atom stereocenters. The fraction of sp³-hybridized carbons (Fsp3) is 0.167. The molecule has 0 amide bonds. The van der Waals surface area contributed by atoms with Gasteiger partial charge in [0.05, 0.1) is 7.11 Å². The first-order chi connectivity index (χ1) is 7.90. The molecule has 0 fully saturated rings. The van der Waals surface area contributed by atoms with Crippen molar-refractivity contribution in [3.05, 3.63) is 48.4 Å². The number of nitrogens with zero attached hydrogens (tertiary/aromatic N) is 2. The van der Waals surface area contributed by atoms with Crippen molar-refractivity contribution in [2.75, 3.05) is 7.11 Å². The molecule has 0 aliphatic carbocycles. The monoisotopic (exact) mass is 216 g/mol. The molecule has 4 nitrogen and oxygen atoms in total. The molecule has 0 aliphatic heterocycles. The zero-order chi connectivity index (χ0) is 11.2.